The van der Waals surface area contributed by atoms with Crippen LogP contribution in [0.3, 0.4) is 0 Å². The van der Waals surface area contributed by atoms with Gasteiger partial charge in [-0.15, -0.1) is 0 Å². The van der Waals surface area contributed by atoms with E-state index in [1.54, 1.807) is 24.3 Å². The monoisotopic (exact) mass is 274 g/mol. The summed E-state index contributed by atoms with van der Waals surface area (Å²) in [6.45, 7) is 4.04. The van der Waals surface area contributed by atoms with Gasteiger partial charge in [-0.25, -0.2) is 15.8 Å². The maximum absolute atomic E-state index is 9.02. The average molecular weight is 274 g/mol. The topological polar surface area (TPSA) is 93.3 Å². The molecule has 0 spiro atoms. The van der Waals surface area contributed by atoms with Crippen LogP contribution >= 0.6 is 0 Å². The van der Waals surface area contributed by atoms with Crippen molar-refractivity contribution in [1.29, 1.82) is 0 Å². The summed E-state index contributed by atoms with van der Waals surface area (Å²) in [4.78, 5) is 8.26. The Morgan fingerprint density at radius 2 is 1.95 bits per heavy atom. The van der Waals surface area contributed by atoms with Gasteiger partial charge in [0.15, 0.2) is 5.82 Å². The molecule has 106 valence electrons. The van der Waals surface area contributed by atoms with Crippen molar-refractivity contribution in [1.82, 2.24) is 9.97 Å². The van der Waals surface area contributed by atoms with Gasteiger partial charge in [0, 0.05) is 0 Å². The molecule has 1 aromatic heterocycles. The lowest BCUT2D eigenvalue weighted by Gasteiger charge is -2.15. The first-order valence-electron chi connectivity index (χ1n) is 6.35. The van der Waals surface area contributed by atoms with E-state index in [1.165, 1.54) is 6.33 Å². The molecule has 0 unspecified atom stereocenters. The predicted molar refractivity (Wildman–Crippen MR) is 76.4 cm³/mol. The number of aromatic nitrogens is 2. The number of ether oxygens (including phenoxy) is 1. The van der Waals surface area contributed by atoms with Gasteiger partial charge in [-0.1, -0.05) is 26.0 Å². The van der Waals surface area contributed by atoms with Gasteiger partial charge >= 0.3 is 0 Å². The third-order valence-electron chi connectivity index (χ3n) is 2.88. The van der Waals surface area contributed by atoms with E-state index in [1.807, 2.05) is 13.8 Å². The van der Waals surface area contributed by atoms with Crippen LogP contribution in [0.2, 0.25) is 0 Å². The van der Waals surface area contributed by atoms with Crippen molar-refractivity contribution in [3.63, 3.8) is 0 Å². The van der Waals surface area contributed by atoms with Gasteiger partial charge in [0.2, 0.25) is 5.88 Å². The first-order valence-corrected chi connectivity index (χ1v) is 6.35. The summed E-state index contributed by atoms with van der Waals surface area (Å²) in [5, 5.41) is 9.02. The maximum atomic E-state index is 9.02. The van der Waals surface area contributed by atoms with Crippen LogP contribution in [0.25, 0.3) is 0 Å². The number of nitrogen functional groups attached to an aromatic ring is 1. The largest absolute Gasteiger partial charge is 0.439 e. The Morgan fingerprint density at radius 1 is 1.25 bits per heavy atom. The van der Waals surface area contributed by atoms with Crippen LogP contribution in [-0.2, 0) is 6.61 Å². The quantitative estimate of drug-likeness (QED) is 0.571. The summed E-state index contributed by atoms with van der Waals surface area (Å²) in [6.07, 6.45) is 1.40. The second kappa shape index (κ2) is 6.31. The van der Waals surface area contributed by atoms with Crippen molar-refractivity contribution in [2.75, 3.05) is 5.43 Å². The lowest BCUT2D eigenvalue weighted by molar-refractivity contribution is 0.281. The van der Waals surface area contributed by atoms with Gasteiger partial charge in [-0.2, -0.15) is 0 Å². The second-order valence-corrected chi connectivity index (χ2v) is 4.64. The number of nitrogens with zero attached hydrogens (tertiary/aromatic N) is 2. The first-order chi connectivity index (χ1) is 9.65. The fourth-order valence-corrected chi connectivity index (χ4v) is 1.87. The number of aliphatic hydroxyl groups is 1. The number of aliphatic hydroxyl groups excluding tert-OH is 1. The van der Waals surface area contributed by atoms with Gasteiger partial charge in [0.1, 0.15) is 12.1 Å². The molecule has 6 heteroatoms. The lowest BCUT2D eigenvalue weighted by Crippen LogP contribution is -2.13. The minimum Gasteiger partial charge on any atom is -0.439 e. The smallest absolute Gasteiger partial charge is 0.227 e. The SMILES string of the molecule is CC(C)c1c(NN)ncnc1Oc1ccc(CO)cc1. The minimum atomic E-state index is 0.00622. The highest BCUT2D eigenvalue weighted by molar-refractivity contribution is 5.50. The van der Waals surface area contributed by atoms with Crippen LogP contribution < -0.4 is 16.0 Å². The van der Waals surface area contributed by atoms with E-state index in [2.05, 4.69) is 15.4 Å². The molecule has 6 nitrogen and oxygen atoms in total. The van der Waals surface area contributed by atoms with Crippen LogP contribution in [-0.4, -0.2) is 15.1 Å². The summed E-state index contributed by atoms with van der Waals surface area (Å²) in [7, 11) is 0. The van der Waals surface area contributed by atoms with Crippen molar-refractivity contribution in [2.45, 2.75) is 26.4 Å². The number of anilines is 1. The maximum Gasteiger partial charge on any atom is 0.227 e. The van der Waals surface area contributed by atoms with E-state index in [0.29, 0.717) is 17.4 Å². The summed E-state index contributed by atoms with van der Waals surface area (Å²) < 4.78 is 5.78. The van der Waals surface area contributed by atoms with Crippen LogP contribution in [0.5, 0.6) is 11.6 Å². The molecule has 0 aliphatic rings. The van der Waals surface area contributed by atoms with Crippen LogP contribution in [0.1, 0.15) is 30.9 Å². The molecule has 0 amide bonds. The van der Waals surface area contributed by atoms with Crippen LogP contribution in [0.15, 0.2) is 30.6 Å². The number of rotatable bonds is 5. The molecule has 2 aromatic rings. The van der Waals surface area contributed by atoms with E-state index < -0.39 is 0 Å². The fraction of sp³-hybridized carbons (Fsp3) is 0.286. The molecule has 1 heterocycles. The molecule has 4 N–H and O–H groups in total. The Kier molecular flexibility index (Phi) is 4.49. The van der Waals surface area contributed by atoms with Crippen LogP contribution in [0, 0.1) is 0 Å². The Labute approximate surface area is 117 Å². The number of benzene rings is 1. The first kappa shape index (κ1) is 14.2. The average Bonchev–Trinajstić information content (AvgIpc) is 2.47. The van der Waals surface area contributed by atoms with Crippen molar-refractivity contribution in [3.05, 3.63) is 41.7 Å². The highest BCUT2D eigenvalue weighted by Gasteiger charge is 2.16. The van der Waals surface area contributed by atoms with Gasteiger partial charge in [-0.3, -0.25) is 0 Å². The summed E-state index contributed by atoms with van der Waals surface area (Å²) in [5.41, 5.74) is 4.21. The number of hydrogen-bond acceptors (Lipinski definition) is 6. The molecule has 0 fully saturated rings. The Morgan fingerprint density at radius 3 is 2.50 bits per heavy atom. The second-order valence-electron chi connectivity index (χ2n) is 4.64. The lowest BCUT2D eigenvalue weighted by atomic mass is 10.1. The molecule has 0 saturated carbocycles. The standard InChI is InChI=1S/C14H18N4O2/c1-9(2)12-13(18-15)16-8-17-14(12)20-11-5-3-10(7-19)4-6-11/h3-6,8-9,19H,7,15H2,1-2H3,(H,16,17,18). The molecule has 0 aliphatic heterocycles. The summed E-state index contributed by atoms with van der Waals surface area (Å²) >= 11 is 0. The van der Waals surface area contributed by atoms with Crippen molar-refractivity contribution < 1.29 is 9.84 Å². The third kappa shape index (κ3) is 3.04. The van der Waals surface area contributed by atoms with E-state index in [-0.39, 0.29) is 12.5 Å². The molecular weight excluding hydrogens is 256 g/mol. The summed E-state index contributed by atoms with van der Waals surface area (Å²) in [5.74, 6) is 7.29. The Bertz CT molecular complexity index is 570. The van der Waals surface area contributed by atoms with Crippen molar-refractivity contribution in [2.24, 2.45) is 5.84 Å². The Balaban J connectivity index is 2.32. The zero-order valence-electron chi connectivity index (χ0n) is 11.5. The molecule has 20 heavy (non-hydrogen) atoms. The van der Waals surface area contributed by atoms with E-state index >= 15 is 0 Å². The number of nitrogens with two attached hydrogens (primary N) is 1. The zero-order valence-corrected chi connectivity index (χ0v) is 11.5. The molecule has 0 bridgehead atoms. The van der Waals surface area contributed by atoms with E-state index in [0.717, 1.165) is 11.1 Å². The number of hydrogen-bond donors (Lipinski definition) is 3. The summed E-state index contributed by atoms with van der Waals surface area (Å²) in [6, 6.07) is 7.17. The van der Waals surface area contributed by atoms with E-state index in [4.69, 9.17) is 15.7 Å². The van der Waals surface area contributed by atoms with Crippen LogP contribution in [0.4, 0.5) is 5.82 Å². The number of nitrogens with one attached hydrogen (secondary N) is 1. The highest BCUT2D eigenvalue weighted by atomic mass is 16.5. The molecule has 0 radical (unpaired) electrons. The number of hydrazine groups is 1. The minimum absolute atomic E-state index is 0.00622. The normalized spacial score (nSPS) is 10.7. The molecule has 0 aliphatic carbocycles. The third-order valence-corrected chi connectivity index (χ3v) is 2.88. The van der Waals surface area contributed by atoms with Gasteiger partial charge < -0.3 is 15.3 Å². The van der Waals surface area contributed by atoms with Gasteiger partial charge in [-0.05, 0) is 23.6 Å². The van der Waals surface area contributed by atoms with Crippen molar-refractivity contribution >= 4 is 5.82 Å². The zero-order chi connectivity index (χ0) is 14.5. The van der Waals surface area contributed by atoms with Gasteiger partial charge in [0.05, 0.1) is 12.2 Å². The highest BCUT2D eigenvalue weighted by Crippen LogP contribution is 2.32. The van der Waals surface area contributed by atoms with E-state index in [9.17, 15) is 0 Å². The molecule has 0 saturated heterocycles. The molecular formula is C14H18N4O2. The van der Waals surface area contributed by atoms with Crippen molar-refractivity contribution in [3.8, 4) is 11.6 Å². The molecule has 2 rings (SSSR count). The predicted octanol–water partition coefficient (Wildman–Crippen LogP) is 2.17. The molecule has 1 aromatic carbocycles. The van der Waals surface area contributed by atoms with Gasteiger partial charge in [0.25, 0.3) is 0 Å². The fourth-order valence-electron chi connectivity index (χ4n) is 1.87. The molecule has 0 atom stereocenters. The Hall–Kier alpha value is -2.18.